The van der Waals surface area contributed by atoms with Gasteiger partial charge in [0.1, 0.15) is 22.8 Å². The van der Waals surface area contributed by atoms with E-state index in [1.54, 1.807) is 36.4 Å². The van der Waals surface area contributed by atoms with Crippen molar-refractivity contribution in [2.75, 3.05) is 13.2 Å². The predicted molar refractivity (Wildman–Crippen MR) is 96.8 cm³/mol. The molecule has 0 aliphatic rings. The first kappa shape index (κ1) is 19.1. The van der Waals surface area contributed by atoms with Crippen molar-refractivity contribution in [1.82, 2.24) is 0 Å². The van der Waals surface area contributed by atoms with E-state index in [4.69, 9.17) is 14.6 Å². The van der Waals surface area contributed by atoms with Crippen molar-refractivity contribution in [2.45, 2.75) is 13.3 Å². The third kappa shape index (κ3) is 5.66. The SMILES string of the molecule is CC(=O)c1c(O)cccc1OCCCOc1ccc(/C=C/C(=O)O)cc1. The zero-order chi connectivity index (χ0) is 18.9. The number of Topliss-reactive ketones (excluding diaryl/α,β-unsaturated/α-hetero) is 1. The molecule has 0 fully saturated rings. The smallest absolute Gasteiger partial charge is 0.328 e. The van der Waals surface area contributed by atoms with Crippen molar-refractivity contribution in [3.63, 3.8) is 0 Å². The summed E-state index contributed by atoms with van der Waals surface area (Å²) in [5.41, 5.74) is 0.946. The summed E-state index contributed by atoms with van der Waals surface area (Å²) in [5.74, 6) is -0.328. The van der Waals surface area contributed by atoms with Gasteiger partial charge in [0, 0.05) is 12.5 Å². The van der Waals surface area contributed by atoms with E-state index >= 15 is 0 Å². The number of carboxylic acid groups (broad SMARTS) is 1. The predicted octanol–water partition coefficient (Wildman–Crippen LogP) is 3.54. The largest absolute Gasteiger partial charge is 0.507 e. The monoisotopic (exact) mass is 356 g/mol. The van der Waals surface area contributed by atoms with Crippen LogP contribution in [0.15, 0.2) is 48.5 Å². The van der Waals surface area contributed by atoms with Crippen LogP contribution in [0.5, 0.6) is 17.2 Å². The maximum Gasteiger partial charge on any atom is 0.328 e. The molecule has 0 saturated heterocycles. The number of benzene rings is 2. The van der Waals surface area contributed by atoms with E-state index in [1.807, 2.05) is 0 Å². The Kier molecular flexibility index (Phi) is 6.79. The van der Waals surface area contributed by atoms with E-state index in [9.17, 15) is 14.7 Å². The first-order valence-corrected chi connectivity index (χ1v) is 8.07. The van der Waals surface area contributed by atoms with Gasteiger partial charge in [-0.1, -0.05) is 18.2 Å². The van der Waals surface area contributed by atoms with Crippen molar-refractivity contribution >= 4 is 17.8 Å². The number of rotatable bonds is 9. The fourth-order valence-electron chi connectivity index (χ4n) is 2.27. The van der Waals surface area contributed by atoms with Crippen LogP contribution < -0.4 is 9.47 Å². The number of hydrogen-bond donors (Lipinski definition) is 2. The van der Waals surface area contributed by atoms with E-state index in [-0.39, 0.29) is 17.1 Å². The number of carbonyl (C=O) groups is 2. The number of aromatic hydroxyl groups is 1. The quantitative estimate of drug-likeness (QED) is 0.405. The molecule has 0 unspecified atom stereocenters. The second-order valence-electron chi connectivity index (χ2n) is 5.50. The molecule has 6 nitrogen and oxygen atoms in total. The standard InChI is InChI=1S/C20H20O6/c1-14(21)20-17(22)4-2-5-18(20)26-13-3-12-25-16-9-6-15(7-10-16)8-11-19(23)24/h2,4-11,22H,3,12-13H2,1H3,(H,23,24)/b11-8+. The first-order chi connectivity index (χ1) is 12.5. The average molecular weight is 356 g/mol. The van der Waals surface area contributed by atoms with Crippen LogP contribution in [0.25, 0.3) is 6.08 Å². The number of ether oxygens (including phenoxy) is 2. The Morgan fingerprint density at radius 2 is 1.73 bits per heavy atom. The Labute approximate surface area is 151 Å². The highest BCUT2D eigenvalue weighted by Gasteiger charge is 2.13. The van der Waals surface area contributed by atoms with Gasteiger partial charge < -0.3 is 19.7 Å². The molecule has 0 aromatic heterocycles. The molecule has 0 atom stereocenters. The molecule has 0 radical (unpaired) electrons. The lowest BCUT2D eigenvalue weighted by molar-refractivity contribution is -0.131. The molecule has 0 spiro atoms. The molecule has 0 aliphatic heterocycles. The normalized spacial score (nSPS) is 10.7. The molecule has 26 heavy (non-hydrogen) atoms. The summed E-state index contributed by atoms with van der Waals surface area (Å²) in [6, 6.07) is 11.7. The minimum atomic E-state index is -0.995. The first-order valence-electron chi connectivity index (χ1n) is 8.07. The summed E-state index contributed by atoms with van der Waals surface area (Å²) in [7, 11) is 0. The summed E-state index contributed by atoms with van der Waals surface area (Å²) >= 11 is 0. The molecule has 0 heterocycles. The Balaban J connectivity index is 1.78. The van der Waals surface area contributed by atoms with E-state index in [2.05, 4.69) is 0 Å². The number of ketones is 1. The molecule has 2 rings (SSSR count). The Morgan fingerprint density at radius 1 is 1.04 bits per heavy atom. The molecule has 136 valence electrons. The lowest BCUT2D eigenvalue weighted by Crippen LogP contribution is -2.07. The van der Waals surface area contributed by atoms with E-state index in [1.165, 1.54) is 19.1 Å². The summed E-state index contributed by atoms with van der Waals surface area (Å²) in [6.07, 6.45) is 3.17. The van der Waals surface area contributed by atoms with Crippen LogP contribution in [-0.4, -0.2) is 35.2 Å². The number of carboxylic acids is 1. The van der Waals surface area contributed by atoms with Crippen LogP contribution in [0.4, 0.5) is 0 Å². The van der Waals surface area contributed by atoms with Crippen LogP contribution in [0.3, 0.4) is 0 Å². The second kappa shape index (κ2) is 9.27. The third-order valence-electron chi connectivity index (χ3n) is 3.47. The van der Waals surface area contributed by atoms with Crippen LogP contribution >= 0.6 is 0 Å². The van der Waals surface area contributed by atoms with Gasteiger partial charge in [-0.25, -0.2) is 4.79 Å². The number of hydrogen-bond acceptors (Lipinski definition) is 5. The van der Waals surface area contributed by atoms with E-state index in [0.29, 0.717) is 31.1 Å². The molecule has 0 aliphatic carbocycles. The minimum Gasteiger partial charge on any atom is -0.507 e. The zero-order valence-electron chi connectivity index (χ0n) is 14.3. The van der Waals surface area contributed by atoms with Gasteiger partial charge in [0.25, 0.3) is 0 Å². The summed E-state index contributed by atoms with van der Waals surface area (Å²) in [5, 5.41) is 18.3. The molecule has 0 saturated carbocycles. The van der Waals surface area contributed by atoms with Gasteiger partial charge in [-0.05, 0) is 42.8 Å². The van der Waals surface area contributed by atoms with Crippen LogP contribution in [0.2, 0.25) is 0 Å². The third-order valence-corrected chi connectivity index (χ3v) is 3.47. The summed E-state index contributed by atoms with van der Waals surface area (Å²) in [6.45, 7) is 2.13. The Hall–Kier alpha value is -3.28. The van der Waals surface area contributed by atoms with Crippen molar-refractivity contribution in [3.8, 4) is 17.2 Å². The second-order valence-corrected chi connectivity index (χ2v) is 5.50. The van der Waals surface area contributed by atoms with Crippen molar-refractivity contribution < 1.29 is 29.3 Å². The van der Waals surface area contributed by atoms with Gasteiger partial charge in [0.2, 0.25) is 0 Å². The molecular formula is C20H20O6. The lowest BCUT2D eigenvalue weighted by Gasteiger charge is -2.11. The topological polar surface area (TPSA) is 93.1 Å². The van der Waals surface area contributed by atoms with Gasteiger partial charge in [0.05, 0.1) is 13.2 Å². The molecule has 0 amide bonds. The van der Waals surface area contributed by atoms with Crippen LogP contribution in [-0.2, 0) is 4.79 Å². The van der Waals surface area contributed by atoms with E-state index in [0.717, 1.165) is 11.6 Å². The highest BCUT2D eigenvalue weighted by atomic mass is 16.5. The van der Waals surface area contributed by atoms with Crippen LogP contribution in [0, 0.1) is 0 Å². The minimum absolute atomic E-state index is 0.0942. The number of phenolic OH excluding ortho intramolecular Hbond substituents is 1. The highest BCUT2D eigenvalue weighted by molar-refractivity contribution is 5.99. The molecular weight excluding hydrogens is 336 g/mol. The zero-order valence-corrected chi connectivity index (χ0v) is 14.3. The fourth-order valence-corrected chi connectivity index (χ4v) is 2.27. The maximum absolute atomic E-state index is 11.6. The van der Waals surface area contributed by atoms with Crippen molar-refractivity contribution in [1.29, 1.82) is 0 Å². The Bertz CT molecular complexity index is 792. The van der Waals surface area contributed by atoms with Gasteiger partial charge >= 0.3 is 5.97 Å². The number of carbonyl (C=O) groups excluding carboxylic acids is 1. The number of phenols is 1. The summed E-state index contributed by atoms with van der Waals surface area (Å²) < 4.78 is 11.2. The van der Waals surface area contributed by atoms with E-state index < -0.39 is 5.97 Å². The lowest BCUT2D eigenvalue weighted by atomic mass is 10.1. The summed E-state index contributed by atoms with van der Waals surface area (Å²) in [4.78, 5) is 22.0. The molecule has 2 N–H and O–H groups in total. The fraction of sp³-hybridized carbons (Fsp3) is 0.200. The average Bonchev–Trinajstić information content (AvgIpc) is 2.60. The van der Waals surface area contributed by atoms with Gasteiger partial charge in [0.15, 0.2) is 5.78 Å². The number of aliphatic carboxylic acids is 1. The maximum atomic E-state index is 11.6. The van der Waals surface area contributed by atoms with Crippen molar-refractivity contribution in [3.05, 3.63) is 59.7 Å². The Morgan fingerprint density at radius 3 is 2.38 bits per heavy atom. The molecule has 6 heteroatoms. The van der Waals surface area contributed by atoms with Gasteiger partial charge in [-0.15, -0.1) is 0 Å². The van der Waals surface area contributed by atoms with Gasteiger partial charge in [-0.2, -0.15) is 0 Å². The molecule has 0 bridgehead atoms. The van der Waals surface area contributed by atoms with Crippen molar-refractivity contribution in [2.24, 2.45) is 0 Å². The van der Waals surface area contributed by atoms with Crippen LogP contribution in [0.1, 0.15) is 29.3 Å². The molecule has 2 aromatic rings. The molecule has 2 aromatic carbocycles. The van der Waals surface area contributed by atoms with Gasteiger partial charge in [-0.3, -0.25) is 4.79 Å². The highest BCUT2D eigenvalue weighted by Crippen LogP contribution is 2.27.